The van der Waals surface area contributed by atoms with E-state index in [2.05, 4.69) is 15.0 Å². The van der Waals surface area contributed by atoms with Crippen LogP contribution in [0.15, 0.2) is 52.6 Å². The van der Waals surface area contributed by atoms with Crippen molar-refractivity contribution in [3.05, 3.63) is 59.4 Å². The van der Waals surface area contributed by atoms with Crippen LogP contribution in [0.25, 0.3) is 6.08 Å². The first-order chi connectivity index (χ1) is 17.4. The van der Waals surface area contributed by atoms with Crippen LogP contribution in [0.2, 0.25) is 0 Å². The van der Waals surface area contributed by atoms with Crippen molar-refractivity contribution in [2.75, 3.05) is 39.5 Å². The number of nitrogens with two attached hydrogens (primary N) is 2. The minimum atomic E-state index is -0.540. The van der Waals surface area contributed by atoms with Crippen molar-refractivity contribution in [2.24, 2.45) is 16.7 Å². The maximum Gasteiger partial charge on any atom is 0.246 e. The van der Waals surface area contributed by atoms with Crippen LogP contribution < -0.4 is 16.3 Å². The van der Waals surface area contributed by atoms with Gasteiger partial charge in [-0.1, -0.05) is 6.07 Å². The van der Waals surface area contributed by atoms with Crippen LogP contribution in [0.4, 0.5) is 8.28 Å². The summed E-state index contributed by atoms with van der Waals surface area (Å²) >= 11 is 0.136. The number of pyridine rings is 1. The van der Waals surface area contributed by atoms with Gasteiger partial charge in [0.1, 0.15) is 24.9 Å². The molecule has 1 saturated heterocycles. The van der Waals surface area contributed by atoms with Crippen molar-refractivity contribution in [1.82, 2.24) is 19.9 Å². The number of amides is 1. The van der Waals surface area contributed by atoms with E-state index in [1.54, 1.807) is 48.4 Å². The number of hydrazine groups is 1. The average molecular weight is 520 g/mol. The van der Waals surface area contributed by atoms with Gasteiger partial charge < -0.3 is 15.4 Å². The second-order valence-electron chi connectivity index (χ2n) is 8.23. The fourth-order valence-electron chi connectivity index (χ4n) is 3.71. The van der Waals surface area contributed by atoms with Crippen LogP contribution in [0.3, 0.4) is 0 Å². The Morgan fingerprint density at radius 1 is 1.28 bits per heavy atom. The van der Waals surface area contributed by atoms with Crippen molar-refractivity contribution in [3.63, 3.8) is 0 Å². The Morgan fingerprint density at radius 3 is 2.69 bits per heavy atom. The summed E-state index contributed by atoms with van der Waals surface area (Å²) in [6, 6.07) is 8.70. The molecule has 0 aliphatic carbocycles. The number of hydrogen-bond acceptors (Lipinski definition) is 8. The zero-order valence-corrected chi connectivity index (χ0v) is 21.0. The van der Waals surface area contributed by atoms with Crippen LogP contribution >= 0.6 is 12.1 Å². The molecule has 0 saturated carbocycles. The van der Waals surface area contributed by atoms with Crippen molar-refractivity contribution in [3.8, 4) is 5.75 Å². The highest BCUT2D eigenvalue weighted by Crippen LogP contribution is 2.24. The molecule has 4 N–H and O–H groups in total. The fourth-order valence-corrected chi connectivity index (χ4v) is 4.02. The number of piperazine rings is 1. The van der Waals surface area contributed by atoms with Crippen LogP contribution in [0.5, 0.6) is 5.75 Å². The standard InChI is InChI=1S/C24H31F2N7O2S/c1-18(27)30-33(28)16-20-14-23(36-26)6-2-19(20)3-7-24(34)32-11-9-31(10-12-32)17-21-4-5-22(15-29-21)35-13-8-25/h2-7,14-15H,8-13,16-17,28H2,1H3,(H2,27,30)/b7-3+. The van der Waals surface area contributed by atoms with Crippen molar-refractivity contribution in [1.29, 1.82) is 0 Å². The summed E-state index contributed by atoms with van der Waals surface area (Å²) in [7, 11) is 0. The number of carbonyl (C=O) groups excluding carboxylic acids is 1. The maximum atomic E-state index is 13.1. The molecular weight excluding hydrogens is 488 g/mol. The molecule has 0 bridgehead atoms. The summed E-state index contributed by atoms with van der Waals surface area (Å²) < 4.78 is 30.5. The third-order valence-corrected chi connectivity index (χ3v) is 5.87. The second-order valence-corrected chi connectivity index (χ2v) is 8.86. The van der Waals surface area contributed by atoms with Gasteiger partial charge in [-0.3, -0.25) is 14.7 Å². The molecule has 0 spiro atoms. The molecule has 3 rings (SSSR count). The van der Waals surface area contributed by atoms with Crippen LogP contribution in [-0.4, -0.2) is 71.1 Å². The number of ether oxygens (including phenoxy) is 1. The lowest BCUT2D eigenvalue weighted by molar-refractivity contribution is -0.127. The van der Waals surface area contributed by atoms with Crippen molar-refractivity contribution >= 4 is 30.0 Å². The monoisotopic (exact) mass is 519 g/mol. The van der Waals surface area contributed by atoms with E-state index in [0.29, 0.717) is 54.8 Å². The third-order valence-electron chi connectivity index (χ3n) is 5.44. The van der Waals surface area contributed by atoms with E-state index in [1.165, 1.54) is 11.2 Å². The molecule has 1 fully saturated rings. The van der Waals surface area contributed by atoms with Gasteiger partial charge in [0.15, 0.2) is 0 Å². The Balaban J connectivity index is 1.55. The number of alkyl halides is 1. The lowest BCUT2D eigenvalue weighted by Crippen LogP contribution is -2.47. The highest BCUT2D eigenvalue weighted by Gasteiger charge is 2.20. The quantitative estimate of drug-likeness (QED) is 0.153. The predicted octanol–water partition coefficient (Wildman–Crippen LogP) is 2.73. The van der Waals surface area contributed by atoms with Gasteiger partial charge in [-0.05, 0) is 48.4 Å². The molecule has 1 aromatic heterocycles. The molecule has 0 radical (unpaired) electrons. The van der Waals surface area contributed by atoms with E-state index in [0.717, 1.165) is 11.3 Å². The molecule has 0 unspecified atom stereocenters. The number of nitrogens with zero attached hydrogens (tertiary/aromatic N) is 5. The molecule has 1 aliphatic rings. The van der Waals surface area contributed by atoms with E-state index in [9.17, 15) is 13.1 Å². The molecule has 9 nitrogen and oxygen atoms in total. The summed E-state index contributed by atoms with van der Waals surface area (Å²) in [6.45, 7) is 4.56. The number of rotatable bonds is 11. The van der Waals surface area contributed by atoms with E-state index < -0.39 is 6.67 Å². The van der Waals surface area contributed by atoms with Gasteiger partial charge in [-0.25, -0.2) is 15.4 Å². The Bertz CT molecular complexity index is 1060. The summed E-state index contributed by atoms with van der Waals surface area (Å²) in [5.74, 6) is 6.62. The molecule has 194 valence electrons. The minimum absolute atomic E-state index is 0.0166. The van der Waals surface area contributed by atoms with Crippen molar-refractivity contribution < 1.29 is 17.8 Å². The first-order valence-corrected chi connectivity index (χ1v) is 12.2. The summed E-state index contributed by atoms with van der Waals surface area (Å²) in [6.07, 6.45) is 4.82. The minimum Gasteiger partial charge on any atom is -0.489 e. The Kier molecular flexibility index (Phi) is 10.5. The number of benzene rings is 1. The average Bonchev–Trinajstić information content (AvgIpc) is 2.87. The van der Waals surface area contributed by atoms with Crippen LogP contribution in [0, 0.1) is 0 Å². The molecule has 1 amide bonds. The topological polar surface area (TPSA) is 113 Å². The van der Waals surface area contributed by atoms with E-state index in [4.69, 9.17) is 16.3 Å². The summed E-state index contributed by atoms with van der Waals surface area (Å²) in [4.78, 5) is 21.6. The Morgan fingerprint density at radius 2 is 2.06 bits per heavy atom. The summed E-state index contributed by atoms with van der Waals surface area (Å²) in [5.41, 5.74) is 7.91. The molecule has 0 atom stereocenters. The second kappa shape index (κ2) is 13.8. The first kappa shape index (κ1) is 27.4. The van der Waals surface area contributed by atoms with Crippen molar-refractivity contribution in [2.45, 2.75) is 24.9 Å². The zero-order valence-electron chi connectivity index (χ0n) is 20.1. The highest BCUT2D eigenvalue weighted by molar-refractivity contribution is 7.94. The Labute approximate surface area is 214 Å². The molecule has 2 heterocycles. The Hall–Kier alpha value is -3.22. The molecule has 12 heteroatoms. The van der Waals surface area contributed by atoms with Gasteiger partial charge in [-0.2, -0.15) is 3.89 Å². The van der Waals surface area contributed by atoms with Gasteiger partial charge in [0, 0.05) is 43.7 Å². The van der Waals surface area contributed by atoms with Crippen LogP contribution in [-0.2, 0) is 17.9 Å². The number of aromatic nitrogens is 1. The van der Waals surface area contributed by atoms with E-state index in [1.807, 2.05) is 6.07 Å². The first-order valence-electron chi connectivity index (χ1n) is 11.5. The zero-order chi connectivity index (χ0) is 25.9. The molecule has 1 aromatic carbocycles. The number of hydrazone groups is 1. The number of amidine groups is 1. The van der Waals surface area contributed by atoms with Crippen LogP contribution in [0.1, 0.15) is 23.7 Å². The number of halogens is 2. The number of hydrogen-bond donors (Lipinski definition) is 2. The largest absolute Gasteiger partial charge is 0.489 e. The normalized spacial score (nSPS) is 14.9. The van der Waals surface area contributed by atoms with E-state index >= 15 is 0 Å². The van der Waals surface area contributed by atoms with Gasteiger partial charge in [0.25, 0.3) is 0 Å². The molecule has 2 aromatic rings. The lowest BCUT2D eigenvalue weighted by Gasteiger charge is -2.34. The van der Waals surface area contributed by atoms with Gasteiger partial charge in [0.05, 0.1) is 30.6 Å². The predicted molar refractivity (Wildman–Crippen MR) is 137 cm³/mol. The highest BCUT2D eigenvalue weighted by atomic mass is 32.2. The van der Waals surface area contributed by atoms with Gasteiger partial charge in [0.2, 0.25) is 5.91 Å². The maximum absolute atomic E-state index is 13.1. The van der Waals surface area contributed by atoms with Gasteiger partial charge in [-0.15, -0.1) is 5.10 Å². The molecular formula is C24H31F2N7O2S. The molecule has 36 heavy (non-hydrogen) atoms. The summed E-state index contributed by atoms with van der Waals surface area (Å²) in [5, 5.41) is 5.14. The smallest absolute Gasteiger partial charge is 0.246 e. The third kappa shape index (κ3) is 8.47. The fraction of sp³-hybridized carbons (Fsp3) is 0.375. The van der Waals surface area contributed by atoms with E-state index in [-0.39, 0.29) is 31.2 Å². The number of carbonyl (C=O) groups is 1. The van der Waals surface area contributed by atoms with Gasteiger partial charge >= 0.3 is 0 Å². The lowest BCUT2D eigenvalue weighted by atomic mass is 10.1. The SMILES string of the molecule is C/C(N)=N/N(N)Cc1cc(SF)ccc1/C=C/C(=O)N1CCN(Cc2ccc(OCCF)cn2)CC1. The molecule has 1 aliphatic heterocycles.